The average molecular weight is 419 g/mol. The number of benzene rings is 2. The first-order chi connectivity index (χ1) is 14.5. The molecule has 0 aliphatic heterocycles. The van der Waals surface area contributed by atoms with Gasteiger partial charge in [0.15, 0.2) is 23.2 Å². The van der Waals surface area contributed by atoms with Crippen LogP contribution < -0.4 is 4.74 Å². The minimum absolute atomic E-state index is 0.0203. The molecule has 2 aromatic carbocycles. The lowest BCUT2D eigenvalue weighted by Gasteiger charge is -2.42. The second-order valence-electron chi connectivity index (χ2n) is 9.48. The van der Waals surface area contributed by atoms with Gasteiger partial charge in [-0.05, 0) is 78.9 Å². The van der Waals surface area contributed by atoms with Gasteiger partial charge in [0, 0.05) is 0 Å². The lowest BCUT2D eigenvalue weighted by molar-refractivity contribution is 0.112. The van der Waals surface area contributed by atoms with Crippen molar-refractivity contribution in [2.45, 2.75) is 77.0 Å². The van der Waals surface area contributed by atoms with Gasteiger partial charge in [0.25, 0.3) is 0 Å². The summed E-state index contributed by atoms with van der Waals surface area (Å²) in [6, 6.07) is 4.77. The third-order valence-corrected chi connectivity index (χ3v) is 7.71. The Bertz CT molecular complexity index is 894. The molecule has 2 aromatic rings. The molecule has 4 rings (SSSR count). The molecule has 2 aliphatic carbocycles. The number of hydrogen-bond acceptors (Lipinski definition) is 1. The van der Waals surface area contributed by atoms with Gasteiger partial charge >= 0.3 is 0 Å². The van der Waals surface area contributed by atoms with Crippen LogP contribution in [0.5, 0.6) is 5.75 Å². The Balaban J connectivity index is 1.52. The zero-order chi connectivity index (χ0) is 21.3. The highest BCUT2D eigenvalue weighted by Gasteiger charge is 2.37. The fourth-order valence-corrected chi connectivity index (χ4v) is 6.05. The fraction of sp³-hybridized carbons (Fsp3) is 0.615. The van der Waals surface area contributed by atoms with E-state index in [9.17, 15) is 8.78 Å². The Kier molecular flexibility index (Phi) is 6.60. The van der Waals surface area contributed by atoms with Crippen LogP contribution in [-0.2, 0) is 0 Å². The van der Waals surface area contributed by atoms with Crippen molar-refractivity contribution in [3.63, 3.8) is 0 Å². The quantitative estimate of drug-likeness (QED) is 0.430. The molecule has 0 spiro atoms. The van der Waals surface area contributed by atoms with Crippen molar-refractivity contribution in [3.05, 3.63) is 41.2 Å². The maximum absolute atomic E-state index is 15.0. The highest BCUT2D eigenvalue weighted by Crippen LogP contribution is 2.49. The van der Waals surface area contributed by atoms with E-state index in [4.69, 9.17) is 4.74 Å². The summed E-state index contributed by atoms with van der Waals surface area (Å²) >= 11 is 0. The number of fused-ring (bicyclic) bond motifs is 2. The van der Waals surface area contributed by atoms with E-state index in [0.29, 0.717) is 16.9 Å². The Morgan fingerprint density at radius 2 is 1.67 bits per heavy atom. The van der Waals surface area contributed by atoms with Gasteiger partial charge in [-0.2, -0.15) is 0 Å². The van der Waals surface area contributed by atoms with Crippen LogP contribution in [0.1, 0.15) is 82.6 Å². The van der Waals surface area contributed by atoms with Gasteiger partial charge in [-0.1, -0.05) is 45.1 Å². The maximum Gasteiger partial charge on any atom is 0.175 e. The van der Waals surface area contributed by atoms with Crippen LogP contribution in [0.3, 0.4) is 0 Å². The molecule has 0 heterocycles. The summed E-state index contributed by atoms with van der Waals surface area (Å²) in [4.78, 5) is 0. The topological polar surface area (TPSA) is 9.23 Å². The summed E-state index contributed by atoms with van der Waals surface area (Å²) in [6.07, 6.45) is 12.0. The molecular weight excluding hydrogens is 385 g/mol. The molecule has 2 aliphatic rings. The van der Waals surface area contributed by atoms with Crippen molar-refractivity contribution in [1.29, 1.82) is 0 Å². The fourth-order valence-electron chi connectivity index (χ4n) is 6.05. The van der Waals surface area contributed by atoms with Gasteiger partial charge in [0.2, 0.25) is 0 Å². The number of rotatable bonds is 6. The zero-order valence-corrected chi connectivity index (χ0v) is 18.2. The van der Waals surface area contributed by atoms with E-state index in [2.05, 4.69) is 6.92 Å². The van der Waals surface area contributed by atoms with Crippen LogP contribution >= 0.6 is 0 Å². The molecule has 4 heteroatoms. The first-order valence-electron chi connectivity index (χ1n) is 11.7. The minimum atomic E-state index is -1.08. The molecule has 4 atom stereocenters. The molecule has 0 bridgehead atoms. The van der Waals surface area contributed by atoms with E-state index in [1.54, 1.807) is 12.1 Å². The second-order valence-corrected chi connectivity index (χ2v) is 9.48. The van der Waals surface area contributed by atoms with Crippen LogP contribution in [0.15, 0.2) is 18.2 Å². The predicted octanol–water partition coefficient (Wildman–Crippen LogP) is 8.15. The normalized spacial score (nSPS) is 26.6. The van der Waals surface area contributed by atoms with Crippen molar-refractivity contribution < 1.29 is 17.9 Å². The number of unbranched alkanes of at least 4 members (excludes halogenated alkanes) is 2. The third kappa shape index (κ3) is 4.07. The monoisotopic (exact) mass is 418 g/mol. The van der Waals surface area contributed by atoms with Crippen molar-refractivity contribution in [1.82, 2.24) is 0 Å². The molecule has 4 unspecified atom stereocenters. The highest BCUT2D eigenvalue weighted by atomic mass is 19.2. The maximum atomic E-state index is 15.0. The molecule has 0 N–H and O–H groups in total. The molecule has 0 aromatic heterocycles. The van der Waals surface area contributed by atoms with Crippen molar-refractivity contribution in [2.24, 2.45) is 17.8 Å². The number of methoxy groups -OCH3 is 1. The van der Waals surface area contributed by atoms with Gasteiger partial charge in [-0.15, -0.1) is 0 Å². The van der Waals surface area contributed by atoms with Gasteiger partial charge in [0.05, 0.1) is 12.5 Å². The minimum Gasteiger partial charge on any atom is -0.494 e. The summed E-state index contributed by atoms with van der Waals surface area (Å²) in [6.45, 7) is 2.25. The van der Waals surface area contributed by atoms with Crippen molar-refractivity contribution in [3.8, 4) is 5.75 Å². The van der Waals surface area contributed by atoms with Crippen LogP contribution in [0.2, 0.25) is 0 Å². The summed E-state index contributed by atoms with van der Waals surface area (Å²) in [5, 5.41) is 0.0980. The summed E-state index contributed by atoms with van der Waals surface area (Å²) in [7, 11) is 1.32. The molecule has 1 nitrogen and oxygen atoms in total. The standard InChI is InChI=1S/C26H33F3O/c1-3-4-5-6-16-7-8-18-14-19(10-9-17(18)13-16)21-15-20-11-12-22(30-2)25(28)23(20)26(29)24(21)27/h11-12,15-19H,3-10,13-14H2,1-2H3. The van der Waals surface area contributed by atoms with Gasteiger partial charge in [0.1, 0.15) is 0 Å². The lowest BCUT2D eigenvalue weighted by Crippen LogP contribution is -2.30. The molecule has 0 saturated heterocycles. The van der Waals surface area contributed by atoms with E-state index < -0.39 is 17.5 Å². The molecule has 0 amide bonds. The second kappa shape index (κ2) is 9.20. The SMILES string of the molecule is CCCCCC1CCC2CC(c3cc4ccc(OC)c(F)c4c(F)c3F)CCC2C1. The Hall–Kier alpha value is -1.71. The zero-order valence-electron chi connectivity index (χ0n) is 18.2. The largest absolute Gasteiger partial charge is 0.494 e. The van der Waals surface area contributed by atoms with E-state index in [1.165, 1.54) is 58.1 Å². The number of halogens is 3. The summed E-state index contributed by atoms with van der Waals surface area (Å²) < 4.78 is 49.3. The molecule has 2 fully saturated rings. The smallest absolute Gasteiger partial charge is 0.175 e. The van der Waals surface area contributed by atoms with Crippen LogP contribution in [0, 0.1) is 35.2 Å². The Morgan fingerprint density at radius 1 is 0.900 bits per heavy atom. The number of hydrogen-bond donors (Lipinski definition) is 0. The van der Waals surface area contributed by atoms with Crippen LogP contribution in [-0.4, -0.2) is 7.11 Å². The predicted molar refractivity (Wildman–Crippen MR) is 115 cm³/mol. The van der Waals surface area contributed by atoms with E-state index in [-0.39, 0.29) is 17.1 Å². The summed E-state index contributed by atoms with van der Waals surface area (Å²) in [5.41, 5.74) is 0.424. The molecule has 30 heavy (non-hydrogen) atoms. The molecule has 164 valence electrons. The Labute approximate surface area is 178 Å². The van der Waals surface area contributed by atoms with E-state index >= 15 is 4.39 Å². The molecule has 2 saturated carbocycles. The first kappa shape index (κ1) is 21.5. The van der Waals surface area contributed by atoms with Crippen LogP contribution in [0.25, 0.3) is 10.8 Å². The van der Waals surface area contributed by atoms with Crippen LogP contribution in [0.4, 0.5) is 13.2 Å². The molecule has 0 radical (unpaired) electrons. The van der Waals surface area contributed by atoms with Gasteiger partial charge in [-0.25, -0.2) is 13.2 Å². The van der Waals surface area contributed by atoms with E-state index in [1.807, 2.05) is 0 Å². The van der Waals surface area contributed by atoms with Gasteiger partial charge in [-0.3, -0.25) is 0 Å². The third-order valence-electron chi connectivity index (χ3n) is 7.71. The summed E-state index contributed by atoms with van der Waals surface area (Å²) in [5.74, 6) is -0.650. The van der Waals surface area contributed by atoms with Crippen molar-refractivity contribution in [2.75, 3.05) is 7.11 Å². The van der Waals surface area contributed by atoms with Gasteiger partial charge < -0.3 is 4.74 Å². The lowest BCUT2D eigenvalue weighted by atomic mass is 9.63. The number of ether oxygens (including phenoxy) is 1. The average Bonchev–Trinajstić information content (AvgIpc) is 2.76. The van der Waals surface area contributed by atoms with E-state index in [0.717, 1.165) is 31.1 Å². The molecular formula is C26H33F3O. The highest BCUT2D eigenvalue weighted by molar-refractivity contribution is 5.86. The van der Waals surface area contributed by atoms with Crippen molar-refractivity contribution >= 4 is 10.8 Å². The first-order valence-corrected chi connectivity index (χ1v) is 11.7. The Morgan fingerprint density at radius 3 is 2.43 bits per heavy atom.